The van der Waals surface area contributed by atoms with E-state index in [0.717, 1.165) is 37.5 Å². The number of nitro benzene ring substituents is 1. The molecule has 1 fully saturated rings. The van der Waals surface area contributed by atoms with Crippen molar-refractivity contribution >= 4 is 41.3 Å². The number of ketones is 1. The molecule has 5 atom stereocenters. The van der Waals surface area contributed by atoms with Crippen LogP contribution in [0.3, 0.4) is 0 Å². The summed E-state index contributed by atoms with van der Waals surface area (Å²) in [7, 11) is 0. The molecule has 4 rings (SSSR count). The van der Waals surface area contributed by atoms with E-state index in [4.69, 9.17) is 37.9 Å². The summed E-state index contributed by atoms with van der Waals surface area (Å²) < 4.78 is 46.1. The minimum atomic E-state index is -1.39. The summed E-state index contributed by atoms with van der Waals surface area (Å²) in [5.41, 5.74) is 3.02. The first-order valence-corrected chi connectivity index (χ1v) is 19.2. The van der Waals surface area contributed by atoms with Gasteiger partial charge in [0.15, 0.2) is 30.4 Å². The molecule has 61 heavy (non-hydrogen) atoms. The number of hydrogen-bond donors (Lipinski definition) is 1. The van der Waals surface area contributed by atoms with E-state index in [1.807, 2.05) is 13.8 Å². The number of Topliss-reactive ketones (excluding diaryl/α,β-unsaturated/α-hetero) is 1. The lowest BCUT2D eigenvalue weighted by atomic mass is 9.98. The van der Waals surface area contributed by atoms with Crippen LogP contribution in [-0.2, 0) is 76.9 Å². The molecule has 21 heteroatoms. The van der Waals surface area contributed by atoms with Crippen LogP contribution in [0.25, 0.3) is 0 Å². The molecule has 0 bridgehead atoms. The molecular formula is C40H49N5O16. The average Bonchev–Trinajstić information content (AvgIpc) is 3.65. The summed E-state index contributed by atoms with van der Waals surface area (Å²) in [5, 5.41) is 21.7. The summed E-state index contributed by atoms with van der Waals surface area (Å²) in [4.78, 5) is 83.4. The molecular weight excluding hydrogens is 806 g/mol. The number of benzene rings is 2. The largest absolute Gasteiger partial charge is 0.488 e. The van der Waals surface area contributed by atoms with Crippen LogP contribution >= 0.6 is 0 Å². The predicted molar refractivity (Wildman–Crippen MR) is 208 cm³/mol. The molecule has 1 aliphatic heterocycles. The zero-order valence-corrected chi connectivity index (χ0v) is 34.6. The number of hydrogen-bond acceptors (Lipinski definition) is 18. The molecule has 0 spiro atoms. The normalized spacial score (nSPS) is 18.4. The van der Waals surface area contributed by atoms with Gasteiger partial charge in [-0.3, -0.25) is 38.9 Å². The minimum Gasteiger partial charge on any atom is -0.488 e. The third kappa shape index (κ3) is 15.0. The molecule has 0 saturated carbocycles. The molecule has 21 nitrogen and oxygen atoms in total. The van der Waals surface area contributed by atoms with Crippen molar-refractivity contribution in [2.75, 3.05) is 26.4 Å². The molecule has 0 aliphatic carbocycles. The van der Waals surface area contributed by atoms with E-state index in [2.05, 4.69) is 15.6 Å². The quantitative estimate of drug-likeness (QED) is 0.0380. The van der Waals surface area contributed by atoms with Crippen molar-refractivity contribution in [3.63, 3.8) is 0 Å². The van der Waals surface area contributed by atoms with Crippen molar-refractivity contribution in [1.29, 1.82) is 0 Å². The van der Waals surface area contributed by atoms with E-state index >= 15 is 0 Å². The molecule has 1 aliphatic rings. The van der Waals surface area contributed by atoms with Crippen molar-refractivity contribution in [2.45, 2.75) is 105 Å². The Kier molecular flexibility index (Phi) is 17.8. The maximum absolute atomic E-state index is 12.9. The number of esters is 4. The van der Waals surface area contributed by atoms with Gasteiger partial charge in [-0.1, -0.05) is 5.21 Å². The molecule has 1 saturated heterocycles. The molecule has 0 radical (unpaired) electrons. The Bertz CT molecular complexity index is 2010. The van der Waals surface area contributed by atoms with Gasteiger partial charge in [-0.25, -0.2) is 4.68 Å². The fourth-order valence-electron chi connectivity index (χ4n) is 6.20. The van der Waals surface area contributed by atoms with Crippen LogP contribution in [0.15, 0.2) is 42.6 Å². The van der Waals surface area contributed by atoms with Gasteiger partial charge in [-0.15, -0.1) is 5.10 Å². The van der Waals surface area contributed by atoms with Gasteiger partial charge >= 0.3 is 23.9 Å². The Morgan fingerprint density at radius 2 is 1.48 bits per heavy atom. The van der Waals surface area contributed by atoms with Crippen molar-refractivity contribution in [2.24, 2.45) is 0 Å². The highest BCUT2D eigenvalue weighted by molar-refractivity contribution is 5.98. The lowest BCUT2D eigenvalue weighted by molar-refractivity contribution is -0.384. The van der Waals surface area contributed by atoms with Crippen LogP contribution in [0.1, 0.15) is 73.3 Å². The van der Waals surface area contributed by atoms with E-state index in [1.54, 1.807) is 30.5 Å². The summed E-state index contributed by atoms with van der Waals surface area (Å²) in [6.07, 6.45) is -5.09. The van der Waals surface area contributed by atoms with Gasteiger partial charge in [-0.2, -0.15) is 0 Å². The number of nitrogens with zero attached hydrogens (tertiary/aromatic N) is 4. The molecule has 1 N–H and O–H groups in total. The van der Waals surface area contributed by atoms with Gasteiger partial charge in [0, 0.05) is 64.8 Å². The van der Waals surface area contributed by atoms with Crippen LogP contribution in [0, 0.1) is 24.0 Å². The third-order valence-corrected chi connectivity index (χ3v) is 8.85. The molecule has 1 aromatic heterocycles. The molecule has 1 amide bonds. The Morgan fingerprint density at radius 3 is 2.10 bits per heavy atom. The SMILES string of the molecule is CC(=O)OC[C@H]1O[C@@H](OCc2cn(CCOCCNC(=O)CCC(=O)c3cc(C)c(OCc4ccc([N+](=O)[O-])cc4)c(C)c3)nn2)[C@H](OC(C)=O)[C@@H](OC(C)=O)[C@@H]1OC(C)=O. The van der Waals surface area contributed by atoms with Crippen molar-refractivity contribution < 1.29 is 71.6 Å². The maximum Gasteiger partial charge on any atom is 0.303 e. The average molecular weight is 856 g/mol. The maximum atomic E-state index is 12.9. The fraction of sp³-hybridized carbons (Fsp3) is 0.500. The van der Waals surface area contributed by atoms with Gasteiger partial charge in [-0.05, 0) is 54.8 Å². The van der Waals surface area contributed by atoms with Crippen LogP contribution in [0.2, 0.25) is 0 Å². The summed E-state index contributed by atoms with van der Waals surface area (Å²) in [6, 6.07) is 9.48. The van der Waals surface area contributed by atoms with Crippen molar-refractivity contribution in [3.05, 3.63) is 80.7 Å². The summed E-state index contributed by atoms with van der Waals surface area (Å²) in [5.74, 6) is -2.86. The van der Waals surface area contributed by atoms with Crippen molar-refractivity contribution in [3.8, 4) is 5.75 Å². The minimum absolute atomic E-state index is 0.000627. The summed E-state index contributed by atoms with van der Waals surface area (Å²) in [6.45, 7) is 8.62. The molecule has 3 aromatic rings. The Hall–Kier alpha value is -6.32. The van der Waals surface area contributed by atoms with Crippen LogP contribution in [0.4, 0.5) is 5.69 Å². The second kappa shape index (κ2) is 22.9. The number of carbonyl (C=O) groups is 6. The van der Waals surface area contributed by atoms with Gasteiger partial charge < -0.3 is 43.2 Å². The third-order valence-electron chi connectivity index (χ3n) is 8.85. The number of carbonyl (C=O) groups excluding carboxylic acids is 6. The molecule has 330 valence electrons. The van der Waals surface area contributed by atoms with Gasteiger partial charge in [0.2, 0.25) is 5.91 Å². The zero-order valence-electron chi connectivity index (χ0n) is 34.6. The topological polar surface area (TPSA) is 262 Å². The first-order valence-electron chi connectivity index (χ1n) is 19.2. The number of nitro groups is 1. The number of non-ortho nitro benzene ring substituents is 1. The van der Waals surface area contributed by atoms with E-state index < -0.39 is 66.1 Å². The Balaban J connectivity index is 1.19. The van der Waals surface area contributed by atoms with Crippen molar-refractivity contribution in [1.82, 2.24) is 20.3 Å². The van der Waals surface area contributed by atoms with E-state index in [0.29, 0.717) is 17.0 Å². The van der Waals surface area contributed by atoms with Gasteiger partial charge in [0.05, 0.1) is 37.5 Å². The number of ether oxygens (including phenoxy) is 8. The van der Waals surface area contributed by atoms with E-state index in [-0.39, 0.29) is 69.7 Å². The Labute approximate surface area is 350 Å². The Morgan fingerprint density at radius 1 is 0.836 bits per heavy atom. The number of rotatable bonds is 22. The van der Waals surface area contributed by atoms with E-state index in [1.165, 1.54) is 23.7 Å². The second-order valence-electron chi connectivity index (χ2n) is 13.9. The van der Waals surface area contributed by atoms with Crippen LogP contribution in [-0.4, -0.2) is 113 Å². The first kappa shape index (κ1) is 47.4. The van der Waals surface area contributed by atoms with E-state index in [9.17, 15) is 38.9 Å². The fourth-order valence-corrected chi connectivity index (χ4v) is 6.20. The first-order chi connectivity index (χ1) is 29.0. The second-order valence-corrected chi connectivity index (χ2v) is 13.9. The highest BCUT2D eigenvalue weighted by Gasteiger charge is 2.52. The summed E-state index contributed by atoms with van der Waals surface area (Å²) >= 11 is 0. The lowest BCUT2D eigenvalue weighted by Gasteiger charge is -2.43. The number of aromatic nitrogens is 3. The predicted octanol–water partition coefficient (Wildman–Crippen LogP) is 2.78. The monoisotopic (exact) mass is 855 g/mol. The lowest BCUT2D eigenvalue weighted by Crippen LogP contribution is -2.62. The number of nitrogens with one attached hydrogen (secondary N) is 1. The zero-order chi connectivity index (χ0) is 44.6. The molecule has 2 heterocycles. The highest BCUT2D eigenvalue weighted by Crippen LogP contribution is 2.31. The van der Waals surface area contributed by atoms with Crippen LogP contribution < -0.4 is 10.1 Å². The molecule has 2 aromatic carbocycles. The number of aryl methyl sites for hydroxylation is 2. The standard InChI is InChI=1S/C40H49N5O16/c1-23-17-30(18-24(2)36(23)56-20-29-7-9-32(10-8-29)45(52)53)33(50)11-12-35(51)41-13-15-54-16-14-44-19-31(42-43-44)21-57-40-39(60-28(6)49)38(59-27(5)48)37(58-26(4)47)34(61-40)22-55-25(3)46/h7-10,17-19,34,37-40H,11-16,20-22H2,1-6H3,(H,41,51)/t34-,37-,38+,39-,40-/m1/s1. The van der Waals surface area contributed by atoms with Gasteiger partial charge in [0.25, 0.3) is 5.69 Å². The van der Waals surface area contributed by atoms with Crippen LogP contribution in [0.5, 0.6) is 5.75 Å². The smallest absolute Gasteiger partial charge is 0.303 e. The molecule has 0 unspecified atom stereocenters. The van der Waals surface area contributed by atoms with Gasteiger partial charge in [0.1, 0.15) is 30.8 Å². The highest BCUT2D eigenvalue weighted by atomic mass is 16.7. The number of amides is 1.